The van der Waals surface area contributed by atoms with Gasteiger partial charge >= 0.3 is 0 Å². The second-order valence-corrected chi connectivity index (χ2v) is 4.54. The molecular formula is C13H13ClN4O2. The second-order valence-electron chi connectivity index (χ2n) is 4.10. The molecule has 0 aliphatic heterocycles. The van der Waals surface area contributed by atoms with Crippen LogP contribution in [0.4, 0.5) is 5.69 Å². The zero-order chi connectivity index (χ0) is 14.7. The highest BCUT2D eigenvalue weighted by molar-refractivity contribution is 6.31. The highest BCUT2D eigenvalue weighted by Gasteiger charge is 2.14. The van der Waals surface area contributed by atoms with Crippen molar-refractivity contribution in [1.82, 2.24) is 15.8 Å². The lowest BCUT2D eigenvalue weighted by Crippen LogP contribution is -2.41. The normalized spacial score (nSPS) is 10.3. The predicted octanol–water partition coefficient (Wildman–Crippen LogP) is 1.64. The Bertz CT molecular complexity index is 687. The minimum absolute atomic E-state index is 0.177. The van der Waals surface area contributed by atoms with Crippen LogP contribution in [0, 0.1) is 0 Å². The number of halogens is 1. The number of anilines is 1. The van der Waals surface area contributed by atoms with Crippen LogP contribution in [0.2, 0.25) is 5.02 Å². The van der Waals surface area contributed by atoms with E-state index < -0.39 is 5.91 Å². The maximum Gasteiger partial charge on any atom is 0.273 e. The van der Waals surface area contributed by atoms with Crippen LogP contribution in [0.5, 0.6) is 0 Å². The molecule has 4 N–H and O–H groups in total. The smallest absolute Gasteiger partial charge is 0.273 e. The van der Waals surface area contributed by atoms with Gasteiger partial charge in [-0.25, -0.2) is 0 Å². The fraction of sp³-hybridized carbons (Fsp3) is 0.154. The van der Waals surface area contributed by atoms with Crippen molar-refractivity contribution in [1.29, 1.82) is 0 Å². The largest absolute Gasteiger partial charge is 0.397 e. The minimum Gasteiger partial charge on any atom is -0.397 e. The molecule has 2 amide bonds. The molecule has 0 fully saturated rings. The van der Waals surface area contributed by atoms with Crippen LogP contribution in [-0.2, 0) is 4.79 Å². The molecule has 0 saturated heterocycles. The summed E-state index contributed by atoms with van der Waals surface area (Å²) in [6.07, 6.45) is 1.63. The first-order valence-electron chi connectivity index (χ1n) is 5.96. The fourth-order valence-electron chi connectivity index (χ4n) is 1.65. The Hall–Kier alpha value is -2.34. The molecule has 0 radical (unpaired) electrons. The van der Waals surface area contributed by atoms with Gasteiger partial charge in [-0.2, -0.15) is 0 Å². The predicted molar refractivity (Wildman–Crippen MR) is 77.1 cm³/mol. The SMILES string of the molecule is CCC(=O)NNC(=O)c1cnc2ccc(Cl)cc2c1N. The molecule has 0 atom stereocenters. The number of pyridine rings is 1. The number of carbonyl (C=O) groups is 2. The third-order valence-electron chi connectivity index (χ3n) is 2.75. The van der Waals surface area contributed by atoms with Gasteiger partial charge in [-0.15, -0.1) is 0 Å². The van der Waals surface area contributed by atoms with Gasteiger partial charge in [-0.3, -0.25) is 25.4 Å². The van der Waals surface area contributed by atoms with Crippen molar-refractivity contribution in [2.75, 3.05) is 5.73 Å². The third-order valence-corrected chi connectivity index (χ3v) is 2.99. The number of amides is 2. The molecule has 0 saturated carbocycles. The Morgan fingerprint density at radius 1 is 1.35 bits per heavy atom. The number of nitrogens with zero attached hydrogens (tertiary/aromatic N) is 1. The number of nitrogens with one attached hydrogen (secondary N) is 2. The molecule has 1 aromatic carbocycles. The Morgan fingerprint density at radius 3 is 2.80 bits per heavy atom. The van der Waals surface area contributed by atoms with Crippen molar-refractivity contribution >= 4 is 40.0 Å². The lowest BCUT2D eigenvalue weighted by Gasteiger charge is -2.10. The van der Waals surface area contributed by atoms with Crippen LogP contribution in [0.3, 0.4) is 0 Å². The minimum atomic E-state index is -0.529. The molecule has 6 nitrogen and oxygen atoms in total. The number of nitrogens with two attached hydrogens (primary N) is 1. The fourth-order valence-corrected chi connectivity index (χ4v) is 1.82. The Kier molecular flexibility index (Phi) is 4.05. The summed E-state index contributed by atoms with van der Waals surface area (Å²) in [5.41, 5.74) is 11.6. The highest BCUT2D eigenvalue weighted by Crippen LogP contribution is 2.25. The number of fused-ring (bicyclic) bond motifs is 1. The average molecular weight is 293 g/mol. The first kappa shape index (κ1) is 14.1. The standard InChI is InChI=1S/C13H13ClN4O2/c1-2-11(19)17-18-13(20)9-6-16-10-4-3-7(14)5-8(10)12(9)15/h3-6H,2H2,1H3,(H2,15,16)(H,17,19)(H,18,20). The molecule has 2 rings (SSSR count). The van der Waals surface area contributed by atoms with Gasteiger partial charge in [0.1, 0.15) is 0 Å². The van der Waals surface area contributed by atoms with Crippen molar-refractivity contribution in [3.63, 3.8) is 0 Å². The van der Waals surface area contributed by atoms with E-state index in [1.54, 1.807) is 25.1 Å². The van der Waals surface area contributed by atoms with E-state index in [4.69, 9.17) is 17.3 Å². The zero-order valence-electron chi connectivity index (χ0n) is 10.7. The van der Waals surface area contributed by atoms with Crippen LogP contribution < -0.4 is 16.6 Å². The molecule has 20 heavy (non-hydrogen) atoms. The van der Waals surface area contributed by atoms with Crippen LogP contribution in [0.1, 0.15) is 23.7 Å². The van der Waals surface area contributed by atoms with Crippen molar-refractivity contribution in [3.8, 4) is 0 Å². The number of rotatable bonds is 2. The van der Waals surface area contributed by atoms with Crippen LogP contribution in [0.25, 0.3) is 10.9 Å². The number of hydrogen-bond acceptors (Lipinski definition) is 4. The molecule has 0 bridgehead atoms. The summed E-state index contributed by atoms with van der Waals surface area (Å²) in [5.74, 6) is -0.826. The summed E-state index contributed by atoms with van der Waals surface area (Å²) >= 11 is 5.90. The number of benzene rings is 1. The molecule has 0 aliphatic carbocycles. The summed E-state index contributed by atoms with van der Waals surface area (Å²) in [5, 5.41) is 1.09. The summed E-state index contributed by atoms with van der Waals surface area (Å²) in [6, 6.07) is 5.05. The van der Waals surface area contributed by atoms with E-state index in [0.717, 1.165) is 0 Å². The molecule has 7 heteroatoms. The van der Waals surface area contributed by atoms with Gasteiger partial charge in [0.25, 0.3) is 5.91 Å². The first-order valence-corrected chi connectivity index (χ1v) is 6.33. The Labute approximate surface area is 120 Å². The lowest BCUT2D eigenvalue weighted by atomic mass is 10.1. The summed E-state index contributed by atoms with van der Waals surface area (Å²) < 4.78 is 0. The zero-order valence-corrected chi connectivity index (χ0v) is 11.5. The molecule has 0 spiro atoms. The van der Waals surface area contributed by atoms with E-state index in [1.807, 2.05) is 0 Å². The number of carbonyl (C=O) groups excluding carboxylic acids is 2. The summed E-state index contributed by atoms with van der Waals surface area (Å²) in [6.45, 7) is 1.68. The second kappa shape index (κ2) is 5.75. The molecule has 1 aromatic heterocycles. The summed E-state index contributed by atoms with van der Waals surface area (Å²) in [4.78, 5) is 27.2. The number of hydrazine groups is 1. The quantitative estimate of drug-likeness (QED) is 0.733. The van der Waals surface area contributed by atoms with Crippen LogP contribution >= 0.6 is 11.6 Å². The molecule has 104 valence electrons. The Morgan fingerprint density at radius 2 is 2.10 bits per heavy atom. The maximum atomic E-state index is 11.9. The van der Waals surface area contributed by atoms with Crippen LogP contribution in [-0.4, -0.2) is 16.8 Å². The first-order chi connectivity index (χ1) is 9.52. The van der Waals surface area contributed by atoms with E-state index in [-0.39, 0.29) is 23.6 Å². The van der Waals surface area contributed by atoms with E-state index >= 15 is 0 Å². The van der Waals surface area contributed by atoms with Crippen molar-refractivity contribution in [2.24, 2.45) is 0 Å². The number of aromatic nitrogens is 1. The molecule has 0 unspecified atom stereocenters. The summed E-state index contributed by atoms with van der Waals surface area (Å²) in [7, 11) is 0. The van der Waals surface area contributed by atoms with Gasteiger partial charge < -0.3 is 5.73 Å². The van der Waals surface area contributed by atoms with E-state index in [9.17, 15) is 9.59 Å². The van der Waals surface area contributed by atoms with Crippen molar-refractivity contribution < 1.29 is 9.59 Å². The van der Waals surface area contributed by atoms with E-state index in [0.29, 0.717) is 15.9 Å². The van der Waals surface area contributed by atoms with Gasteiger partial charge in [0.2, 0.25) is 5.91 Å². The van der Waals surface area contributed by atoms with Crippen molar-refractivity contribution in [3.05, 3.63) is 35.0 Å². The Balaban J connectivity index is 2.32. The third kappa shape index (κ3) is 2.80. The average Bonchev–Trinajstić information content (AvgIpc) is 2.45. The van der Waals surface area contributed by atoms with Gasteiger partial charge in [-0.05, 0) is 18.2 Å². The number of nitrogen functional groups attached to an aromatic ring is 1. The molecule has 0 aliphatic rings. The molecule has 2 aromatic rings. The van der Waals surface area contributed by atoms with Gasteiger partial charge in [0, 0.05) is 23.0 Å². The van der Waals surface area contributed by atoms with E-state index in [2.05, 4.69) is 15.8 Å². The van der Waals surface area contributed by atoms with Gasteiger partial charge in [0.15, 0.2) is 0 Å². The highest BCUT2D eigenvalue weighted by atomic mass is 35.5. The molecular weight excluding hydrogens is 280 g/mol. The van der Waals surface area contributed by atoms with Crippen molar-refractivity contribution in [2.45, 2.75) is 13.3 Å². The maximum absolute atomic E-state index is 11.9. The van der Waals surface area contributed by atoms with Crippen LogP contribution in [0.15, 0.2) is 24.4 Å². The molecule has 1 heterocycles. The van der Waals surface area contributed by atoms with Gasteiger partial charge in [-0.1, -0.05) is 18.5 Å². The van der Waals surface area contributed by atoms with Gasteiger partial charge in [0.05, 0.1) is 16.8 Å². The van der Waals surface area contributed by atoms with E-state index in [1.165, 1.54) is 6.20 Å². The monoisotopic (exact) mass is 292 g/mol. The lowest BCUT2D eigenvalue weighted by molar-refractivity contribution is -0.121. The number of hydrogen-bond donors (Lipinski definition) is 3. The topological polar surface area (TPSA) is 97.1 Å².